The van der Waals surface area contributed by atoms with Gasteiger partial charge in [0.1, 0.15) is 5.82 Å². The topological polar surface area (TPSA) is 80.0 Å². The van der Waals surface area contributed by atoms with Gasteiger partial charge >= 0.3 is 0 Å². The first kappa shape index (κ1) is 12.8. The highest BCUT2D eigenvalue weighted by Crippen LogP contribution is 2.27. The molecule has 18 heavy (non-hydrogen) atoms. The van der Waals surface area contributed by atoms with Gasteiger partial charge in [-0.05, 0) is 43.5 Å². The predicted octanol–water partition coefficient (Wildman–Crippen LogP) is 0.982. The molecule has 4 N–H and O–H groups in total. The van der Waals surface area contributed by atoms with Gasteiger partial charge in [0, 0.05) is 12.7 Å². The Hall–Kier alpha value is -1.62. The maximum Gasteiger partial charge on any atom is 0.250 e. The molecule has 1 amide bonds. The highest BCUT2D eigenvalue weighted by molar-refractivity contribution is 5.92. The zero-order valence-electron chi connectivity index (χ0n) is 10.7. The summed E-state index contributed by atoms with van der Waals surface area (Å²) in [6.45, 7) is 5.34. The lowest BCUT2D eigenvalue weighted by Gasteiger charge is -2.34. The second-order valence-corrected chi connectivity index (χ2v) is 5.21. The average Bonchev–Trinajstić information content (AvgIpc) is 2.38. The molecule has 1 saturated heterocycles. The van der Waals surface area contributed by atoms with Crippen LogP contribution in [0.25, 0.3) is 0 Å². The molecule has 2 rings (SSSR count). The fraction of sp³-hybridized carbons (Fsp3) is 0.538. The van der Waals surface area contributed by atoms with Crippen molar-refractivity contribution in [3.63, 3.8) is 0 Å². The van der Waals surface area contributed by atoms with Gasteiger partial charge in [-0.1, -0.05) is 6.92 Å². The molecule has 0 aromatic carbocycles. The Kier molecular flexibility index (Phi) is 3.81. The second kappa shape index (κ2) is 5.35. The van der Waals surface area contributed by atoms with Crippen LogP contribution in [0.15, 0.2) is 18.3 Å². The van der Waals surface area contributed by atoms with Crippen molar-refractivity contribution < 1.29 is 4.79 Å². The number of primary amides is 1. The van der Waals surface area contributed by atoms with Gasteiger partial charge in [-0.2, -0.15) is 0 Å². The Morgan fingerprint density at radius 2 is 2.22 bits per heavy atom. The molecule has 1 fully saturated rings. The molecule has 1 aromatic heterocycles. The van der Waals surface area contributed by atoms with Gasteiger partial charge < -0.3 is 16.4 Å². The van der Waals surface area contributed by atoms with Crippen LogP contribution in [0.1, 0.15) is 30.1 Å². The molecule has 0 spiro atoms. The standard InChI is InChI=1S/C13H20N4O/c1-13(4-6-15-7-5-13)9-17-11-3-2-10(8-16-11)12(14)18/h2-3,8,15H,4-7,9H2,1H3,(H2,14,18)(H,16,17). The van der Waals surface area contributed by atoms with Crippen molar-refractivity contribution in [2.24, 2.45) is 11.1 Å². The van der Waals surface area contributed by atoms with Crippen molar-refractivity contribution in [1.29, 1.82) is 0 Å². The number of anilines is 1. The summed E-state index contributed by atoms with van der Waals surface area (Å²) in [7, 11) is 0. The minimum Gasteiger partial charge on any atom is -0.370 e. The largest absolute Gasteiger partial charge is 0.370 e. The Morgan fingerprint density at radius 3 is 2.78 bits per heavy atom. The maximum atomic E-state index is 10.9. The van der Waals surface area contributed by atoms with Crippen LogP contribution in [-0.2, 0) is 0 Å². The number of carbonyl (C=O) groups excluding carboxylic acids is 1. The first-order valence-electron chi connectivity index (χ1n) is 6.30. The number of amides is 1. The van der Waals surface area contributed by atoms with E-state index >= 15 is 0 Å². The number of rotatable bonds is 4. The zero-order valence-corrected chi connectivity index (χ0v) is 10.7. The Morgan fingerprint density at radius 1 is 1.50 bits per heavy atom. The van der Waals surface area contributed by atoms with Crippen molar-refractivity contribution in [2.45, 2.75) is 19.8 Å². The van der Waals surface area contributed by atoms with Crippen LogP contribution in [0, 0.1) is 5.41 Å². The van der Waals surface area contributed by atoms with Crippen molar-refractivity contribution >= 4 is 11.7 Å². The van der Waals surface area contributed by atoms with E-state index in [-0.39, 0.29) is 0 Å². The van der Waals surface area contributed by atoms with E-state index in [0.29, 0.717) is 11.0 Å². The monoisotopic (exact) mass is 248 g/mol. The van der Waals surface area contributed by atoms with Crippen LogP contribution < -0.4 is 16.4 Å². The molecule has 98 valence electrons. The van der Waals surface area contributed by atoms with Gasteiger partial charge in [0.15, 0.2) is 0 Å². The van der Waals surface area contributed by atoms with Crippen molar-refractivity contribution in [2.75, 3.05) is 25.0 Å². The smallest absolute Gasteiger partial charge is 0.250 e. The number of pyridine rings is 1. The molecule has 1 aliphatic rings. The van der Waals surface area contributed by atoms with E-state index in [1.165, 1.54) is 19.0 Å². The number of nitrogens with two attached hydrogens (primary N) is 1. The van der Waals surface area contributed by atoms with E-state index in [9.17, 15) is 4.79 Å². The summed E-state index contributed by atoms with van der Waals surface area (Å²) < 4.78 is 0. The van der Waals surface area contributed by atoms with Gasteiger partial charge in [-0.3, -0.25) is 4.79 Å². The lowest BCUT2D eigenvalue weighted by molar-refractivity contribution is 0.1000. The summed E-state index contributed by atoms with van der Waals surface area (Å²) in [5, 5.41) is 6.69. The van der Waals surface area contributed by atoms with E-state index in [1.54, 1.807) is 12.1 Å². The van der Waals surface area contributed by atoms with Gasteiger partial charge in [0.05, 0.1) is 5.56 Å². The van der Waals surface area contributed by atoms with E-state index in [2.05, 4.69) is 22.5 Å². The minimum absolute atomic E-state index is 0.315. The van der Waals surface area contributed by atoms with Crippen molar-refractivity contribution in [1.82, 2.24) is 10.3 Å². The highest BCUT2D eigenvalue weighted by atomic mass is 16.1. The number of nitrogens with one attached hydrogen (secondary N) is 2. The SMILES string of the molecule is CC1(CNc2ccc(C(N)=O)cn2)CCNCC1. The lowest BCUT2D eigenvalue weighted by atomic mass is 9.81. The van der Waals surface area contributed by atoms with Crippen LogP contribution in [0.4, 0.5) is 5.82 Å². The fourth-order valence-corrected chi connectivity index (χ4v) is 2.16. The second-order valence-electron chi connectivity index (χ2n) is 5.21. The molecule has 1 aromatic rings. The number of aromatic nitrogens is 1. The molecular formula is C13H20N4O. The summed E-state index contributed by atoms with van der Waals surface area (Å²) in [6, 6.07) is 3.49. The molecule has 0 bridgehead atoms. The van der Waals surface area contributed by atoms with E-state index < -0.39 is 5.91 Å². The van der Waals surface area contributed by atoms with Crippen LogP contribution in [0.5, 0.6) is 0 Å². The van der Waals surface area contributed by atoms with E-state index in [0.717, 1.165) is 25.5 Å². The average molecular weight is 248 g/mol. The van der Waals surface area contributed by atoms with E-state index in [1.807, 2.05) is 0 Å². The Labute approximate surface area is 107 Å². The molecule has 0 atom stereocenters. The fourth-order valence-electron chi connectivity index (χ4n) is 2.16. The number of hydrogen-bond acceptors (Lipinski definition) is 4. The number of hydrogen-bond donors (Lipinski definition) is 3. The summed E-state index contributed by atoms with van der Waals surface area (Å²) in [4.78, 5) is 15.1. The third kappa shape index (κ3) is 3.20. The zero-order chi connectivity index (χ0) is 13.0. The molecule has 5 heteroatoms. The van der Waals surface area contributed by atoms with E-state index in [4.69, 9.17) is 5.73 Å². The number of piperidine rings is 1. The van der Waals surface area contributed by atoms with Crippen LogP contribution >= 0.6 is 0 Å². The minimum atomic E-state index is -0.445. The first-order chi connectivity index (χ1) is 8.59. The summed E-state index contributed by atoms with van der Waals surface area (Å²) in [6.07, 6.45) is 3.84. The van der Waals surface area contributed by atoms with Crippen molar-refractivity contribution in [3.8, 4) is 0 Å². The van der Waals surface area contributed by atoms with Gasteiger partial charge in [-0.25, -0.2) is 4.98 Å². The van der Waals surface area contributed by atoms with Crippen LogP contribution in [0.3, 0.4) is 0 Å². The molecule has 5 nitrogen and oxygen atoms in total. The summed E-state index contributed by atoms with van der Waals surface area (Å²) >= 11 is 0. The molecule has 0 aliphatic carbocycles. The lowest BCUT2D eigenvalue weighted by Crippen LogP contribution is -2.39. The Bertz CT molecular complexity index is 410. The molecule has 0 saturated carbocycles. The molecule has 0 radical (unpaired) electrons. The van der Waals surface area contributed by atoms with Crippen LogP contribution in [-0.4, -0.2) is 30.5 Å². The number of carbonyl (C=O) groups is 1. The molecular weight excluding hydrogens is 228 g/mol. The van der Waals surface area contributed by atoms with Gasteiger partial charge in [-0.15, -0.1) is 0 Å². The van der Waals surface area contributed by atoms with Crippen LogP contribution in [0.2, 0.25) is 0 Å². The van der Waals surface area contributed by atoms with Gasteiger partial charge in [0.2, 0.25) is 5.91 Å². The molecule has 1 aliphatic heterocycles. The quantitative estimate of drug-likeness (QED) is 0.742. The van der Waals surface area contributed by atoms with Crippen molar-refractivity contribution in [3.05, 3.63) is 23.9 Å². The molecule has 2 heterocycles. The number of nitrogens with zero attached hydrogens (tertiary/aromatic N) is 1. The normalized spacial score (nSPS) is 18.3. The maximum absolute atomic E-state index is 10.9. The van der Waals surface area contributed by atoms with Gasteiger partial charge in [0.25, 0.3) is 0 Å². The highest BCUT2D eigenvalue weighted by Gasteiger charge is 2.26. The summed E-state index contributed by atoms with van der Waals surface area (Å²) in [5.41, 5.74) is 5.92. The Balaban J connectivity index is 1.91. The third-order valence-electron chi connectivity index (χ3n) is 3.55. The third-order valence-corrected chi connectivity index (χ3v) is 3.55. The summed E-state index contributed by atoms with van der Waals surface area (Å²) in [5.74, 6) is 0.346. The predicted molar refractivity (Wildman–Crippen MR) is 71.5 cm³/mol. The molecule has 0 unspecified atom stereocenters. The first-order valence-corrected chi connectivity index (χ1v) is 6.30.